The van der Waals surface area contributed by atoms with Crippen LogP contribution in [0.5, 0.6) is 11.5 Å². The van der Waals surface area contributed by atoms with Crippen LogP contribution in [-0.2, 0) is 0 Å². The van der Waals surface area contributed by atoms with E-state index >= 15 is 0 Å². The van der Waals surface area contributed by atoms with Crippen molar-refractivity contribution in [3.8, 4) is 11.5 Å². The Labute approximate surface area is 268 Å². The van der Waals surface area contributed by atoms with Crippen LogP contribution in [0, 0.1) is 5.82 Å². The standard InChI is InChI=1S/C33H32FN7O6/c1-21(40(27-13-12-24(45-2)20-29(27)46-3)33(44)36-23-10-8-22(34)9-11-23)30-37-26-7-5-4-6-25(26)31(42)41(30)39-18-16-38(17-19-39)32(43)28-14-15-35-47-28/h4-15,20-21H,16-19H2,1-3H3,(H,36,44). The second kappa shape index (κ2) is 13.2. The van der Waals surface area contributed by atoms with Gasteiger partial charge in [-0.15, -0.1) is 0 Å². The van der Waals surface area contributed by atoms with Gasteiger partial charge >= 0.3 is 6.03 Å². The highest BCUT2D eigenvalue weighted by Crippen LogP contribution is 2.37. The number of nitrogens with one attached hydrogen (secondary N) is 1. The summed E-state index contributed by atoms with van der Waals surface area (Å²) >= 11 is 0. The van der Waals surface area contributed by atoms with E-state index in [1.165, 1.54) is 60.3 Å². The minimum atomic E-state index is -0.857. The summed E-state index contributed by atoms with van der Waals surface area (Å²) in [6.07, 6.45) is 1.41. The lowest BCUT2D eigenvalue weighted by atomic mass is 10.1. The molecule has 3 aromatic carbocycles. The fourth-order valence-corrected chi connectivity index (χ4v) is 5.58. The predicted molar refractivity (Wildman–Crippen MR) is 172 cm³/mol. The molecule has 5 aromatic rings. The average Bonchev–Trinajstić information content (AvgIpc) is 3.64. The van der Waals surface area contributed by atoms with Gasteiger partial charge in [0, 0.05) is 30.9 Å². The van der Waals surface area contributed by atoms with E-state index in [9.17, 15) is 18.8 Å². The Morgan fingerprint density at radius 3 is 2.40 bits per heavy atom. The first-order valence-corrected chi connectivity index (χ1v) is 14.8. The quantitative estimate of drug-likeness (QED) is 0.261. The van der Waals surface area contributed by atoms with Crippen LogP contribution >= 0.6 is 0 Å². The van der Waals surface area contributed by atoms with E-state index < -0.39 is 17.9 Å². The number of piperazine rings is 1. The summed E-state index contributed by atoms with van der Waals surface area (Å²) in [4.78, 5) is 49.2. The van der Waals surface area contributed by atoms with Crippen molar-refractivity contribution in [2.24, 2.45) is 0 Å². The molecule has 1 fully saturated rings. The lowest BCUT2D eigenvalue weighted by Crippen LogP contribution is -2.57. The van der Waals surface area contributed by atoms with Gasteiger partial charge in [0.25, 0.3) is 11.5 Å². The number of carbonyl (C=O) groups is 2. The van der Waals surface area contributed by atoms with E-state index in [0.29, 0.717) is 60.0 Å². The second-order valence-corrected chi connectivity index (χ2v) is 10.7. The third kappa shape index (κ3) is 6.17. The Morgan fingerprint density at radius 1 is 0.979 bits per heavy atom. The number of benzene rings is 3. The van der Waals surface area contributed by atoms with Crippen LogP contribution in [0.4, 0.5) is 20.6 Å². The van der Waals surface area contributed by atoms with Crippen LogP contribution in [0.15, 0.2) is 88.3 Å². The summed E-state index contributed by atoms with van der Waals surface area (Å²) in [5.41, 5.74) is 0.859. The summed E-state index contributed by atoms with van der Waals surface area (Å²) in [5.74, 6) is 0.506. The molecule has 3 heterocycles. The molecule has 6 rings (SSSR count). The SMILES string of the molecule is COc1ccc(N(C(=O)Nc2ccc(F)cc2)C(C)c2nc3ccccc3c(=O)n2N2CCN(C(=O)c3ccno3)CC2)c(OC)c1. The van der Waals surface area contributed by atoms with Crippen molar-refractivity contribution in [2.45, 2.75) is 13.0 Å². The molecule has 1 N–H and O–H groups in total. The summed E-state index contributed by atoms with van der Waals surface area (Å²) in [6, 6.07) is 17.4. The number of carbonyl (C=O) groups excluding carboxylic acids is 2. The Bertz CT molecular complexity index is 1960. The molecule has 14 heteroatoms. The normalized spacial score (nSPS) is 13.7. The van der Waals surface area contributed by atoms with E-state index in [2.05, 4.69) is 10.5 Å². The van der Waals surface area contributed by atoms with Gasteiger partial charge in [0.05, 0.1) is 56.1 Å². The monoisotopic (exact) mass is 641 g/mol. The highest BCUT2D eigenvalue weighted by molar-refractivity contribution is 6.03. The van der Waals surface area contributed by atoms with Crippen LogP contribution < -0.4 is 30.3 Å². The summed E-state index contributed by atoms with van der Waals surface area (Å²) in [6.45, 7) is 2.95. The Kier molecular flexibility index (Phi) is 8.73. The number of methoxy groups -OCH3 is 2. The molecule has 47 heavy (non-hydrogen) atoms. The van der Waals surface area contributed by atoms with Gasteiger partial charge in [-0.2, -0.15) is 0 Å². The number of halogens is 1. The van der Waals surface area contributed by atoms with E-state index in [1.54, 1.807) is 54.3 Å². The zero-order valence-corrected chi connectivity index (χ0v) is 25.9. The van der Waals surface area contributed by atoms with Gasteiger partial charge in [-0.25, -0.2) is 18.8 Å². The molecular weight excluding hydrogens is 609 g/mol. The van der Waals surface area contributed by atoms with Gasteiger partial charge in [0.15, 0.2) is 5.82 Å². The highest BCUT2D eigenvalue weighted by atomic mass is 19.1. The van der Waals surface area contributed by atoms with Gasteiger partial charge in [-0.05, 0) is 55.5 Å². The van der Waals surface area contributed by atoms with Crippen molar-refractivity contribution in [1.82, 2.24) is 19.7 Å². The molecular formula is C33H32FN7O6. The molecule has 2 aromatic heterocycles. The maximum absolute atomic E-state index is 14.2. The number of hydrogen-bond donors (Lipinski definition) is 1. The zero-order valence-electron chi connectivity index (χ0n) is 25.9. The van der Waals surface area contributed by atoms with Crippen LogP contribution in [-0.4, -0.2) is 72.1 Å². The molecule has 0 aliphatic carbocycles. The van der Waals surface area contributed by atoms with Gasteiger partial charge in [0.2, 0.25) is 5.76 Å². The van der Waals surface area contributed by atoms with Gasteiger partial charge in [-0.3, -0.25) is 14.5 Å². The number of nitrogens with zero attached hydrogens (tertiary/aromatic N) is 6. The van der Waals surface area contributed by atoms with Crippen LogP contribution in [0.1, 0.15) is 29.3 Å². The topological polar surface area (TPSA) is 135 Å². The summed E-state index contributed by atoms with van der Waals surface area (Å²) in [7, 11) is 3.00. The van der Waals surface area contributed by atoms with Crippen molar-refractivity contribution in [2.75, 3.05) is 55.6 Å². The number of urea groups is 1. The Balaban J connectivity index is 1.43. The molecule has 1 aliphatic heterocycles. The zero-order chi connectivity index (χ0) is 33.1. The molecule has 1 aliphatic rings. The van der Waals surface area contributed by atoms with Crippen LogP contribution in [0.25, 0.3) is 10.9 Å². The molecule has 1 unspecified atom stereocenters. The van der Waals surface area contributed by atoms with E-state index in [-0.39, 0.29) is 23.1 Å². The highest BCUT2D eigenvalue weighted by Gasteiger charge is 2.33. The number of amides is 3. The third-order valence-electron chi connectivity index (χ3n) is 7.98. The van der Waals surface area contributed by atoms with Crippen molar-refractivity contribution >= 4 is 34.2 Å². The maximum Gasteiger partial charge on any atom is 0.327 e. The number of hydrogen-bond acceptors (Lipinski definition) is 9. The lowest BCUT2D eigenvalue weighted by molar-refractivity contribution is 0.0695. The third-order valence-corrected chi connectivity index (χ3v) is 7.98. The molecule has 3 amide bonds. The predicted octanol–water partition coefficient (Wildman–Crippen LogP) is 4.43. The van der Waals surface area contributed by atoms with E-state index in [0.717, 1.165) is 0 Å². The number of rotatable bonds is 8. The van der Waals surface area contributed by atoms with Crippen molar-refractivity contribution < 1.29 is 28.0 Å². The molecule has 1 saturated heterocycles. The molecule has 0 bridgehead atoms. The first-order valence-electron chi connectivity index (χ1n) is 14.8. The molecule has 1 atom stereocenters. The average molecular weight is 642 g/mol. The number of aromatic nitrogens is 3. The van der Waals surface area contributed by atoms with Crippen LogP contribution in [0.3, 0.4) is 0 Å². The van der Waals surface area contributed by atoms with Crippen molar-refractivity contribution in [3.05, 3.63) is 107 Å². The maximum atomic E-state index is 14.2. The molecule has 242 valence electrons. The fourth-order valence-electron chi connectivity index (χ4n) is 5.58. The largest absolute Gasteiger partial charge is 0.497 e. The Morgan fingerprint density at radius 2 is 1.72 bits per heavy atom. The van der Waals surface area contributed by atoms with E-state index in [4.69, 9.17) is 19.0 Å². The van der Waals surface area contributed by atoms with Crippen LogP contribution in [0.2, 0.25) is 0 Å². The minimum Gasteiger partial charge on any atom is -0.497 e. The lowest BCUT2D eigenvalue weighted by Gasteiger charge is -2.39. The van der Waals surface area contributed by atoms with Gasteiger partial charge in [-0.1, -0.05) is 17.3 Å². The van der Waals surface area contributed by atoms with Crippen molar-refractivity contribution in [1.29, 1.82) is 0 Å². The molecule has 0 saturated carbocycles. The first-order chi connectivity index (χ1) is 22.8. The number of ether oxygens (including phenoxy) is 2. The number of para-hydroxylation sites is 1. The molecule has 0 radical (unpaired) electrons. The second-order valence-electron chi connectivity index (χ2n) is 10.7. The molecule has 13 nitrogen and oxygen atoms in total. The summed E-state index contributed by atoms with van der Waals surface area (Å²) in [5, 5.41) is 8.67. The van der Waals surface area contributed by atoms with E-state index in [1.807, 2.05) is 5.01 Å². The van der Waals surface area contributed by atoms with Gasteiger partial charge in [0.1, 0.15) is 17.3 Å². The van der Waals surface area contributed by atoms with Crippen molar-refractivity contribution in [3.63, 3.8) is 0 Å². The smallest absolute Gasteiger partial charge is 0.327 e. The molecule has 0 spiro atoms. The van der Waals surface area contributed by atoms with Gasteiger partial charge < -0.3 is 29.2 Å². The Hall–Kier alpha value is -5.92. The minimum absolute atomic E-state index is 0.133. The summed E-state index contributed by atoms with van der Waals surface area (Å²) < 4.78 is 31.3. The number of fused-ring (bicyclic) bond motifs is 1. The fraction of sp³-hybridized carbons (Fsp3) is 0.242. The first kappa shape index (κ1) is 31.1. The number of anilines is 2.